The summed E-state index contributed by atoms with van der Waals surface area (Å²) in [6.07, 6.45) is -0.963. The average Bonchev–Trinajstić information content (AvgIpc) is 3.38. The number of H-pyrrole nitrogens is 1. The average molecular weight is 483 g/mol. The lowest BCUT2D eigenvalue weighted by atomic mass is 10.0. The minimum atomic E-state index is -4.40. The van der Waals surface area contributed by atoms with Crippen LogP contribution in [0.1, 0.15) is 26.3 Å². The molecule has 0 aliphatic carbocycles. The summed E-state index contributed by atoms with van der Waals surface area (Å²) < 4.78 is 39.0. The number of nitrogens with zero attached hydrogens (tertiary/aromatic N) is 3. The van der Waals surface area contributed by atoms with Crippen LogP contribution in [0.15, 0.2) is 67.0 Å². The van der Waals surface area contributed by atoms with Crippen molar-refractivity contribution in [2.75, 3.05) is 39.3 Å². The van der Waals surface area contributed by atoms with Gasteiger partial charge < -0.3 is 14.8 Å². The Hall–Kier alpha value is -3.59. The first kappa shape index (κ1) is 23.2. The molecule has 5 rings (SSSR count). The van der Waals surface area contributed by atoms with Crippen LogP contribution in [0.5, 0.6) is 0 Å². The largest absolute Gasteiger partial charge is 0.416 e. The zero-order valence-corrected chi connectivity index (χ0v) is 19.0. The van der Waals surface area contributed by atoms with Gasteiger partial charge in [-0.3, -0.25) is 14.5 Å². The number of halogens is 3. The zero-order chi connectivity index (χ0) is 24.6. The minimum absolute atomic E-state index is 0.0323. The molecule has 0 atom stereocenters. The van der Waals surface area contributed by atoms with Crippen molar-refractivity contribution in [3.8, 4) is 11.1 Å². The molecule has 0 bridgehead atoms. The number of hydrogen-bond donors (Lipinski definition) is 1. The highest BCUT2D eigenvalue weighted by Crippen LogP contribution is 2.32. The zero-order valence-electron chi connectivity index (χ0n) is 19.0. The van der Waals surface area contributed by atoms with Crippen molar-refractivity contribution in [2.45, 2.75) is 12.2 Å². The first-order chi connectivity index (χ1) is 16.8. The Kier molecular flexibility index (Phi) is 6.10. The molecule has 6 nitrogen and oxygen atoms in total. The second-order valence-corrected chi connectivity index (χ2v) is 8.95. The first-order valence-corrected chi connectivity index (χ1v) is 11.5. The molecule has 3 heterocycles. The van der Waals surface area contributed by atoms with Crippen molar-refractivity contribution >= 4 is 11.8 Å². The van der Waals surface area contributed by atoms with Gasteiger partial charge in [0.05, 0.1) is 11.1 Å². The maximum atomic E-state index is 13.0. The van der Waals surface area contributed by atoms with E-state index in [0.29, 0.717) is 54.5 Å². The maximum Gasteiger partial charge on any atom is 0.416 e. The Bertz CT molecular complexity index is 1190. The minimum Gasteiger partial charge on any atom is -0.367 e. The molecule has 35 heavy (non-hydrogen) atoms. The normalized spacial score (nSPS) is 17.3. The van der Waals surface area contributed by atoms with E-state index in [2.05, 4.69) is 9.88 Å². The van der Waals surface area contributed by atoms with Crippen molar-refractivity contribution in [3.05, 3.63) is 83.7 Å². The van der Waals surface area contributed by atoms with Gasteiger partial charge in [0.2, 0.25) is 0 Å². The lowest BCUT2D eigenvalue weighted by Crippen LogP contribution is -2.64. The molecule has 2 saturated heterocycles. The van der Waals surface area contributed by atoms with Crippen LogP contribution in [0, 0.1) is 0 Å². The van der Waals surface area contributed by atoms with Gasteiger partial charge >= 0.3 is 6.18 Å². The topological polar surface area (TPSA) is 59.7 Å². The number of carbonyl (C=O) groups is 2. The molecule has 2 fully saturated rings. The van der Waals surface area contributed by atoms with Crippen LogP contribution in [-0.2, 0) is 6.18 Å². The standard InChI is InChI=1S/C26H25F3N4O2/c27-26(28,29)22-3-1-2-20(14-22)18-4-6-19(7-5-18)24(34)32-12-10-31(11-13-32)23-16-33(17-23)25(35)21-8-9-30-15-21/h1-9,14-15,23,30H,10-13,16-17H2. The van der Waals surface area contributed by atoms with Crippen molar-refractivity contribution in [1.29, 1.82) is 0 Å². The molecule has 1 aromatic heterocycles. The van der Waals surface area contributed by atoms with Gasteiger partial charge in [0.1, 0.15) is 0 Å². The van der Waals surface area contributed by atoms with Gasteiger partial charge in [-0.15, -0.1) is 0 Å². The molecule has 2 aliphatic rings. The maximum absolute atomic E-state index is 13.0. The quantitative estimate of drug-likeness (QED) is 0.612. The van der Waals surface area contributed by atoms with Gasteiger partial charge in [0, 0.05) is 63.3 Å². The number of carbonyl (C=O) groups excluding carboxylic acids is 2. The lowest BCUT2D eigenvalue weighted by molar-refractivity contribution is -0.137. The van der Waals surface area contributed by atoms with Crippen LogP contribution in [0.25, 0.3) is 11.1 Å². The molecule has 2 amide bonds. The third kappa shape index (κ3) is 4.81. The fraction of sp³-hybridized carbons (Fsp3) is 0.308. The summed E-state index contributed by atoms with van der Waals surface area (Å²) >= 11 is 0. The molecule has 0 unspecified atom stereocenters. The smallest absolute Gasteiger partial charge is 0.367 e. The summed E-state index contributed by atoms with van der Waals surface area (Å²) in [7, 11) is 0. The second-order valence-electron chi connectivity index (χ2n) is 8.95. The molecule has 2 aliphatic heterocycles. The molecule has 182 valence electrons. The number of rotatable bonds is 4. The summed E-state index contributed by atoms with van der Waals surface area (Å²) in [6.45, 7) is 4.05. The van der Waals surface area contributed by atoms with Crippen LogP contribution in [0.3, 0.4) is 0 Å². The molecule has 0 radical (unpaired) electrons. The van der Waals surface area contributed by atoms with Gasteiger partial charge in [-0.05, 0) is 41.5 Å². The van der Waals surface area contributed by atoms with Gasteiger partial charge in [-0.1, -0.05) is 24.3 Å². The summed E-state index contributed by atoms with van der Waals surface area (Å²) in [5.74, 6) is -0.0528. The molecule has 0 saturated carbocycles. The van der Waals surface area contributed by atoms with Gasteiger partial charge in [-0.25, -0.2) is 0 Å². The van der Waals surface area contributed by atoms with Gasteiger partial charge in [-0.2, -0.15) is 13.2 Å². The number of benzene rings is 2. The third-order valence-corrected chi connectivity index (χ3v) is 6.77. The van der Waals surface area contributed by atoms with Gasteiger partial charge in [0.25, 0.3) is 11.8 Å². The van der Waals surface area contributed by atoms with E-state index in [1.807, 2.05) is 4.90 Å². The molecular formula is C26H25F3N4O2. The first-order valence-electron chi connectivity index (χ1n) is 11.5. The van der Waals surface area contributed by atoms with Crippen LogP contribution in [0.2, 0.25) is 0 Å². The van der Waals surface area contributed by atoms with E-state index in [4.69, 9.17) is 0 Å². The monoisotopic (exact) mass is 482 g/mol. The molecule has 0 spiro atoms. The summed E-state index contributed by atoms with van der Waals surface area (Å²) in [4.78, 5) is 34.2. The lowest BCUT2D eigenvalue weighted by Gasteiger charge is -2.48. The highest BCUT2D eigenvalue weighted by molar-refractivity contribution is 5.95. The Balaban J connectivity index is 1.14. The Morgan fingerprint density at radius 1 is 0.800 bits per heavy atom. The molecule has 1 N–H and O–H groups in total. The summed E-state index contributed by atoms with van der Waals surface area (Å²) in [6, 6.07) is 13.9. The van der Waals surface area contributed by atoms with E-state index in [9.17, 15) is 22.8 Å². The fourth-order valence-corrected chi connectivity index (χ4v) is 4.64. The number of likely N-dealkylation sites (tertiary alicyclic amines) is 1. The van der Waals surface area contributed by atoms with Crippen molar-refractivity contribution in [1.82, 2.24) is 19.7 Å². The van der Waals surface area contributed by atoms with Crippen LogP contribution in [0.4, 0.5) is 13.2 Å². The van der Waals surface area contributed by atoms with E-state index in [-0.39, 0.29) is 11.8 Å². The summed E-state index contributed by atoms with van der Waals surface area (Å²) in [5, 5.41) is 0. The number of nitrogens with one attached hydrogen (secondary N) is 1. The van der Waals surface area contributed by atoms with E-state index in [1.165, 1.54) is 6.07 Å². The SMILES string of the molecule is O=C(c1ccc(-c2cccc(C(F)(F)F)c2)cc1)N1CCN(C2CN(C(=O)c3cc[nH]c3)C2)CC1. The number of amides is 2. The second kappa shape index (κ2) is 9.22. The van der Waals surface area contributed by atoms with Crippen LogP contribution >= 0.6 is 0 Å². The van der Waals surface area contributed by atoms with Crippen LogP contribution < -0.4 is 0 Å². The van der Waals surface area contributed by atoms with E-state index in [0.717, 1.165) is 25.2 Å². The van der Waals surface area contributed by atoms with Crippen molar-refractivity contribution in [2.24, 2.45) is 0 Å². The molecular weight excluding hydrogens is 457 g/mol. The van der Waals surface area contributed by atoms with E-state index in [1.54, 1.807) is 53.7 Å². The van der Waals surface area contributed by atoms with E-state index < -0.39 is 11.7 Å². The number of alkyl halides is 3. The third-order valence-electron chi connectivity index (χ3n) is 6.77. The number of aromatic nitrogens is 1. The van der Waals surface area contributed by atoms with E-state index >= 15 is 0 Å². The molecule has 9 heteroatoms. The number of piperazine rings is 1. The highest BCUT2D eigenvalue weighted by atomic mass is 19.4. The van der Waals surface area contributed by atoms with Crippen LogP contribution in [-0.4, -0.2) is 76.8 Å². The number of aromatic amines is 1. The fourth-order valence-electron chi connectivity index (χ4n) is 4.64. The Morgan fingerprint density at radius 3 is 2.11 bits per heavy atom. The Morgan fingerprint density at radius 2 is 1.49 bits per heavy atom. The van der Waals surface area contributed by atoms with Gasteiger partial charge in [0.15, 0.2) is 0 Å². The van der Waals surface area contributed by atoms with Crippen molar-refractivity contribution < 1.29 is 22.8 Å². The predicted octanol–water partition coefficient (Wildman–Crippen LogP) is 3.98. The summed E-state index contributed by atoms with van der Waals surface area (Å²) in [5.41, 5.74) is 1.56. The highest BCUT2D eigenvalue weighted by Gasteiger charge is 2.37. The number of hydrogen-bond acceptors (Lipinski definition) is 3. The molecule has 2 aromatic carbocycles. The van der Waals surface area contributed by atoms with Crippen molar-refractivity contribution in [3.63, 3.8) is 0 Å². The Labute approximate surface area is 200 Å². The molecule has 3 aromatic rings. The predicted molar refractivity (Wildman–Crippen MR) is 125 cm³/mol.